The van der Waals surface area contributed by atoms with E-state index >= 15 is 0 Å². The van der Waals surface area contributed by atoms with Gasteiger partial charge in [0.15, 0.2) is 0 Å². The van der Waals surface area contributed by atoms with Crippen LogP contribution in [0.5, 0.6) is 0 Å². The number of hydrogen-bond acceptors (Lipinski definition) is 2. The maximum absolute atomic E-state index is 11.3. The molecule has 0 spiro atoms. The summed E-state index contributed by atoms with van der Waals surface area (Å²) in [6.07, 6.45) is 3.52. The molecule has 74 valence electrons. The Balaban J connectivity index is 2.52. The largest absolute Gasteiger partial charge is 0.299 e. The van der Waals surface area contributed by atoms with Crippen LogP contribution in [-0.4, -0.2) is 10.8 Å². The van der Waals surface area contributed by atoms with Crippen LogP contribution < -0.4 is 0 Å². The maximum Gasteiger partial charge on any atom is 0.224 e. The predicted molar refractivity (Wildman–Crippen MR) is 56.4 cm³/mol. The summed E-state index contributed by atoms with van der Waals surface area (Å²) in [5.74, 6) is -0.118. The van der Waals surface area contributed by atoms with Crippen LogP contribution in [0.15, 0.2) is 30.5 Å². The third kappa shape index (κ3) is 1.50. The van der Waals surface area contributed by atoms with Gasteiger partial charge in [0, 0.05) is 13.1 Å². The highest BCUT2D eigenvalue weighted by Crippen LogP contribution is 2.29. The zero-order valence-electron chi connectivity index (χ0n) is 8.34. The Hall–Kier alpha value is -2.08. The van der Waals surface area contributed by atoms with Crippen LogP contribution in [-0.2, 0) is 4.79 Å². The number of fused-ring (bicyclic) bond motifs is 1. The Morgan fingerprint density at radius 3 is 2.87 bits per heavy atom. The van der Waals surface area contributed by atoms with Crippen molar-refractivity contribution in [2.24, 2.45) is 0 Å². The fourth-order valence-corrected chi connectivity index (χ4v) is 1.73. The molecule has 0 fully saturated rings. The van der Waals surface area contributed by atoms with Gasteiger partial charge in [0.25, 0.3) is 0 Å². The summed E-state index contributed by atoms with van der Waals surface area (Å²) in [5, 5.41) is 9.08. The Morgan fingerprint density at radius 1 is 1.47 bits per heavy atom. The van der Waals surface area contributed by atoms with Gasteiger partial charge < -0.3 is 0 Å². The molecule has 0 saturated carbocycles. The lowest BCUT2D eigenvalue weighted by molar-refractivity contribution is -0.127. The molecule has 15 heavy (non-hydrogen) atoms. The summed E-state index contributed by atoms with van der Waals surface area (Å²) < 4.78 is 0. The molecule has 0 aliphatic carbocycles. The van der Waals surface area contributed by atoms with E-state index in [1.54, 1.807) is 6.20 Å². The number of nitrogens with zero attached hydrogens (tertiary/aromatic N) is 2. The van der Waals surface area contributed by atoms with E-state index in [9.17, 15) is 4.79 Å². The van der Waals surface area contributed by atoms with Crippen molar-refractivity contribution >= 4 is 12.0 Å². The van der Waals surface area contributed by atoms with Gasteiger partial charge in [-0.1, -0.05) is 24.3 Å². The second kappa shape index (κ2) is 3.58. The molecular weight excluding hydrogens is 188 g/mol. The standard InChI is InChI=1S/C12H10N2O/c1-9(15)14-7-6-10-4-2-3-5-11(10)12(14)8-13/h2-7,12H,1H3/t12-/m0/s1. The molecule has 1 amide bonds. The lowest BCUT2D eigenvalue weighted by Crippen LogP contribution is -2.29. The first-order valence-corrected chi connectivity index (χ1v) is 4.69. The molecule has 0 bridgehead atoms. The monoisotopic (exact) mass is 198 g/mol. The van der Waals surface area contributed by atoms with Crippen molar-refractivity contribution in [1.82, 2.24) is 4.90 Å². The first kappa shape index (κ1) is 9.47. The van der Waals surface area contributed by atoms with Crippen LogP contribution in [0.1, 0.15) is 24.1 Å². The van der Waals surface area contributed by atoms with Gasteiger partial charge >= 0.3 is 0 Å². The van der Waals surface area contributed by atoms with Gasteiger partial charge in [0.2, 0.25) is 5.91 Å². The van der Waals surface area contributed by atoms with Crippen molar-refractivity contribution < 1.29 is 4.79 Å². The highest BCUT2D eigenvalue weighted by Gasteiger charge is 2.25. The number of amides is 1. The molecule has 1 aliphatic rings. The summed E-state index contributed by atoms with van der Waals surface area (Å²) in [5.41, 5.74) is 1.89. The Labute approximate surface area is 88.2 Å². The third-order valence-electron chi connectivity index (χ3n) is 2.47. The molecular formula is C12H10N2O. The summed E-state index contributed by atoms with van der Waals surface area (Å²) in [4.78, 5) is 12.7. The van der Waals surface area contributed by atoms with E-state index in [4.69, 9.17) is 5.26 Å². The van der Waals surface area contributed by atoms with Crippen molar-refractivity contribution in [3.8, 4) is 6.07 Å². The van der Waals surface area contributed by atoms with Crippen molar-refractivity contribution in [1.29, 1.82) is 5.26 Å². The van der Waals surface area contributed by atoms with Crippen molar-refractivity contribution in [3.63, 3.8) is 0 Å². The number of carbonyl (C=O) groups excluding carboxylic acids is 1. The van der Waals surface area contributed by atoms with Crippen LogP contribution in [0.4, 0.5) is 0 Å². The number of benzene rings is 1. The summed E-state index contributed by atoms with van der Waals surface area (Å²) >= 11 is 0. The molecule has 3 heteroatoms. The molecule has 1 aliphatic heterocycles. The molecule has 0 N–H and O–H groups in total. The summed E-state index contributed by atoms with van der Waals surface area (Å²) in [7, 11) is 0. The van der Waals surface area contributed by atoms with E-state index in [-0.39, 0.29) is 5.91 Å². The first-order valence-electron chi connectivity index (χ1n) is 4.69. The lowest BCUT2D eigenvalue weighted by Gasteiger charge is -2.27. The number of carbonyl (C=O) groups is 1. The average Bonchev–Trinajstić information content (AvgIpc) is 2.27. The molecule has 0 saturated heterocycles. The number of rotatable bonds is 0. The minimum Gasteiger partial charge on any atom is -0.299 e. The minimum atomic E-state index is -0.497. The molecule has 3 nitrogen and oxygen atoms in total. The highest BCUT2D eigenvalue weighted by atomic mass is 16.2. The fourth-order valence-electron chi connectivity index (χ4n) is 1.73. The second-order valence-corrected chi connectivity index (χ2v) is 3.40. The van der Waals surface area contributed by atoms with E-state index in [0.29, 0.717) is 0 Å². The summed E-state index contributed by atoms with van der Waals surface area (Å²) in [6.45, 7) is 1.46. The van der Waals surface area contributed by atoms with Crippen molar-refractivity contribution in [2.45, 2.75) is 13.0 Å². The van der Waals surface area contributed by atoms with Gasteiger partial charge in [-0.15, -0.1) is 0 Å². The normalized spacial score (nSPS) is 18.1. The molecule has 1 aromatic carbocycles. The Bertz CT molecular complexity index is 471. The van der Waals surface area contributed by atoms with Gasteiger partial charge in [-0.3, -0.25) is 9.69 Å². The van der Waals surface area contributed by atoms with Crippen molar-refractivity contribution in [3.05, 3.63) is 41.6 Å². The van der Waals surface area contributed by atoms with E-state index in [1.807, 2.05) is 30.3 Å². The minimum absolute atomic E-state index is 0.118. The average molecular weight is 198 g/mol. The van der Waals surface area contributed by atoms with Crippen molar-refractivity contribution in [2.75, 3.05) is 0 Å². The second-order valence-electron chi connectivity index (χ2n) is 3.40. The molecule has 1 aromatic rings. The maximum atomic E-state index is 11.3. The van der Waals surface area contributed by atoms with E-state index in [2.05, 4.69) is 6.07 Å². The van der Waals surface area contributed by atoms with E-state index < -0.39 is 6.04 Å². The van der Waals surface area contributed by atoms with Crippen LogP contribution in [0.2, 0.25) is 0 Å². The van der Waals surface area contributed by atoms with Gasteiger partial charge in [-0.05, 0) is 17.2 Å². The molecule has 1 atom stereocenters. The zero-order valence-corrected chi connectivity index (χ0v) is 8.34. The van der Waals surface area contributed by atoms with E-state index in [0.717, 1.165) is 11.1 Å². The molecule has 0 unspecified atom stereocenters. The summed E-state index contributed by atoms with van der Waals surface area (Å²) in [6, 6.07) is 9.26. The molecule has 2 rings (SSSR count). The molecule has 0 radical (unpaired) electrons. The third-order valence-corrected chi connectivity index (χ3v) is 2.47. The Kier molecular flexibility index (Phi) is 2.26. The van der Waals surface area contributed by atoms with Gasteiger partial charge in [0.1, 0.15) is 6.04 Å². The first-order chi connectivity index (χ1) is 7.24. The molecule has 0 aromatic heterocycles. The van der Waals surface area contributed by atoms with Crippen LogP contribution in [0.25, 0.3) is 6.08 Å². The highest BCUT2D eigenvalue weighted by molar-refractivity contribution is 5.78. The van der Waals surface area contributed by atoms with Gasteiger partial charge in [-0.25, -0.2) is 0 Å². The van der Waals surface area contributed by atoms with Gasteiger partial charge in [-0.2, -0.15) is 5.26 Å². The quantitative estimate of drug-likeness (QED) is 0.640. The topological polar surface area (TPSA) is 44.1 Å². The molecule has 1 heterocycles. The predicted octanol–water partition coefficient (Wildman–Crippen LogP) is 2.08. The Morgan fingerprint density at radius 2 is 2.20 bits per heavy atom. The smallest absolute Gasteiger partial charge is 0.224 e. The van der Waals surface area contributed by atoms with E-state index in [1.165, 1.54) is 11.8 Å². The lowest BCUT2D eigenvalue weighted by atomic mass is 9.97. The zero-order chi connectivity index (χ0) is 10.8. The van der Waals surface area contributed by atoms with Crippen LogP contribution >= 0.6 is 0 Å². The SMILES string of the molecule is CC(=O)N1C=Cc2ccccc2[C@@H]1C#N. The fraction of sp³-hybridized carbons (Fsp3) is 0.167. The number of nitriles is 1. The van der Waals surface area contributed by atoms with Crippen LogP contribution in [0.3, 0.4) is 0 Å². The number of hydrogen-bond donors (Lipinski definition) is 0. The van der Waals surface area contributed by atoms with Crippen LogP contribution in [0, 0.1) is 11.3 Å². The van der Waals surface area contributed by atoms with Gasteiger partial charge in [0.05, 0.1) is 6.07 Å².